The summed E-state index contributed by atoms with van der Waals surface area (Å²) >= 11 is 4.27. The SMILES string of the molecule is O/N=C(\Cl)C=I[I-]O. The topological polar surface area (TPSA) is 52.8 Å². The molecular weight excluding hydrogens is 359 g/mol. The van der Waals surface area contributed by atoms with Crippen LogP contribution in [0, 0.1) is 0 Å². The van der Waals surface area contributed by atoms with Gasteiger partial charge in [-0.25, -0.2) is 0 Å². The number of hydrogen-bond acceptors (Lipinski definition) is 3. The molecule has 3 nitrogen and oxygen atoms in total. The summed E-state index contributed by atoms with van der Waals surface area (Å²) in [5.74, 6) is 0. The maximum absolute atomic E-state index is 8.34. The van der Waals surface area contributed by atoms with Gasteiger partial charge in [0.2, 0.25) is 0 Å². The van der Waals surface area contributed by atoms with Gasteiger partial charge in [0, 0.05) is 0 Å². The van der Waals surface area contributed by atoms with Crippen molar-refractivity contribution < 1.29 is 26.3 Å². The van der Waals surface area contributed by atoms with Crippen molar-refractivity contribution in [3.05, 3.63) is 0 Å². The Morgan fingerprint density at radius 2 is 2.50 bits per heavy atom. The van der Waals surface area contributed by atoms with Crippen LogP contribution in [-0.4, -0.2) is 17.8 Å². The maximum atomic E-state index is 8.34. The van der Waals surface area contributed by atoms with Crippen LogP contribution in [0.25, 0.3) is 0 Å². The third-order valence-electron chi connectivity index (χ3n) is 0.264. The molecule has 0 saturated heterocycles. The molecule has 0 aliphatic heterocycles. The van der Waals surface area contributed by atoms with E-state index in [1.807, 2.05) is 0 Å². The van der Waals surface area contributed by atoms with Crippen LogP contribution in [-0.2, 0) is 0 Å². The van der Waals surface area contributed by atoms with Crippen molar-refractivity contribution in [3.8, 4) is 0 Å². The second-order valence-electron chi connectivity index (χ2n) is 0.678. The Labute approximate surface area is 68.3 Å². The first-order chi connectivity index (χ1) is 3.81. The molecule has 0 amide bonds. The van der Waals surface area contributed by atoms with Crippen molar-refractivity contribution in [2.24, 2.45) is 5.16 Å². The van der Waals surface area contributed by atoms with Gasteiger partial charge in [-0.3, -0.25) is 0 Å². The van der Waals surface area contributed by atoms with E-state index in [0.29, 0.717) is 0 Å². The van der Waals surface area contributed by atoms with Crippen LogP contribution >= 0.6 is 28.4 Å². The van der Waals surface area contributed by atoms with Crippen LogP contribution < -0.4 is 17.6 Å². The zero-order valence-electron chi connectivity index (χ0n) is 3.55. The van der Waals surface area contributed by atoms with Crippen LogP contribution in [0.4, 0.5) is 0 Å². The van der Waals surface area contributed by atoms with Crippen LogP contribution in [0.3, 0.4) is 0 Å². The second-order valence-corrected chi connectivity index (χ2v) is 8.13. The molecular formula is C2H3ClI2NO2-. The molecule has 0 heterocycles. The fraction of sp³-hybridized carbons (Fsp3) is 0. The summed E-state index contributed by atoms with van der Waals surface area (Å²) in [6, 6.07) is 0. The molecule has 0 aromatic carbocycles. The van der Waals surface area contributed by atoms with E-state index >= 15 is 0 Å². The molecule has 0 aliphatic carbocycles. The van der Waals surface area contributed by atoms with Gasteiger partial charge in [-0.05, 0) is 0 Å². The first kappa shape index (κ1) is 9.05. The second kappa shape index (κ2) is 6.17. The van der Waals surface area contributed by atoms with Crippen molar-refractivity contribution in [1.29, 1.82) is 0 Å². The van der Waals surface area contributed by atoms with E-state index in [2.05, 4.69) is 5.16 Å². The minimum atomic E-state index is -0.654. The number of halogens is 3. The molecule has 0 radical (unpaired) electrons. The van der Waals surface area contributed by atoms with Crippen LogP contribution in [0.15, 0.2) is 5.16 Å². The van der Waals surface area contributed by atoms with Crippen LogP contribution in [0.5, 0.6) is 0 Å². The van der Waals surface area contributed by atoms with Crippen molar-refractivity contribution in [2.45, 2.75) is 0 Å². The Hall–Kier alpha value is 1.05. The molecule has 0 rings (SSSR count). The van der Waals surface area contributed by atoms with Gasteiger partial charge >= 0.3 is 69.0 Å². The van der Waals surface area contributed by atoms with E-state index in [0.717, 1.165) is 0 Å². The Kier molecular flexibility index (Phi) is 6.98. The Balaban J connectivity index is 3.53. The van der Waals surface area contributed by atoms with E-state index in [9.17, 15) is 0 Å². The number of oxime groups is 1. The Bertz CT molecular complexity index is 115. The van der Waals surface area contributed by atoms with Gasteiger partial charge in [-0.15, -0.1) is 0 Å². The summed E-state index contributed by atoms with van der Waals surface area (Å²) < 4.78 is 9.92. The molecule has 0 aromatic rings. The molecule has 0 bridgehead atoms. The monoisotopic (exact) mass is 362 g/mol. The zero-order chi connectivity index (χ0) is 6.41. The number of rotatable bonds is 2. The molecule has 0 aromatic heterocycles. The first-order valence-corrected chi connectivity index (χ1v) is 10.3. The molecule has 0 unspecified atom stereocenters. The number of hydrogen-bond donors (Lipinski definition) is 2. The molecule has 0 fully saturated rings. The Morgan fingerprint density at radius 3 is 2.88 bits per heavy atom. The first-order valence-electron chi connectivity index (χ1n) is 1.43. The Morgan fingerprint density at radius 1 is 1.88 bits per heavy atom. The molecule has 0 aliphatic rings. The van der Waals surface area contributed by atoms with E-state index in [1.165, 1.54) is 0 Å². The quantitative estimate of drug-likeness (QED) is 0.251. The molecule has 50 valence electrons. The number of nitrogens with zero attached hydrogens (tertiary/aromatic N) is 1. The van der Waals surface area contributed by atoms with Gasteiger partial charge in [0.15, 0.2) is 0 Å². The average Bonchev–Trinajstić information content (AvgIpc) is 1.83. The molecule has 6 heteroatoms. The van der Waals surface area contributed by atoms with Crippen molar-refractivity contribution in [3.63, 3.8) is 0 Å². The van der Waals surface area contributed by atoms with Gasteiger partial charge in [-0.1, -0.05) is 0 Å². The minimum absolute atomic E-state index is 0.0894. The normalized spacial score (nSPS) is 14.5. The van der Waals surface area contributed by atoms with Crippen molar-refractivity contribution in [2.75, 3.05) is 0 Å². The van der Waals surface area contributed by atoms with E-state index in [1.54, 1.807) is 4.01 Å². The van der Waals surface area contributed by atoms with Crippen LogP contribution in [0.2, 0.25) is 0 Å². The third-order valence-corrected chi connectivity index (χ3v) is 4.84. The predicted octanol–water partition coefficient (Wildman–Crippen LogP) is -2.30. The van der Waals surface area contributed by atoms with E-state index in [4.69, 9.17) is 20.2 Å². The molecule has 0 saturated carbocycles. The summed E-state index contributed by atoms with van der Waals surface area (Å²) in [4.78, 5) is 0. The van der Waals surface area contributed by atoms with E-state index < -0.39 is 17.6 Å². The standard InChI is InChI=1S/C2H3ClI2NO2/c3-2(6-8)1-4-5-7/h1,7-8H/q-1/b6-2-. The third kappa shape index (κ3) is 5.19. The van der Waals surface area contributed by atoms with Gasteiger partial charge in [0.25, 0.3) is 0 Å². The fourth-order valence-electron chi connectivity index (χ4n) is 0.0743. The van der Waals surface area contributed by atoms with E-state index in [-0.39, 0.29) is 21.9 Å². The summed E-state index contributed by atoms with van der Waals surface area (Å²) in [5.41, 5.74) is 0. The zero-order valence-corrected chi connectivity index (χ0v) is 8.62. The molecule has 2 N–H and O–H groups in total. The summed E-state index contributed by atoms with van der Waals surface area (Å²) in [6.07, 6.45) is 0. The predicted molar refractivity (Wildman–Crippen MR) is 37.4 cm³/mol. The molecule has 0 atom stereocenters. The molecule has 0 spiro atoms. The summed E-state index contributed by atoms with van der Waals surface area (Å²) in [6.45, 7) is 0. The van der Waals surface area contributed by atoms with Gasteiger partial charge in [0.1, 0.15) is 0 Å². The van der Waals surface area contributed by atoms with Crippen molar-refractivity contribution >= 4 is 37.5 Å². The molecule has 8 heavy (non-hydrogen) atoms. The van der Waals surface area contributed by atoms with Crippen LogP contribution in [0.1, 0.15) is 0 Å². The summed E-state index contributed by atoms with van der Waals surface area (Å²) in [5, 5.41) is 10.7. The van der Waals surface area contributed by atoms with Gasteiger partial charge < -0.3 is 0 Å². The average molecular weight is 362 g/mol. The van der Waals surface area contributed by atoms with Crippen molar-refractivity contribution in [1.82, 2.24) is 0 Å². The fourth-order valence-corrected chi connectivity index (χ4v) is 3.91. The van der Waals surface area contributed by atoms with Gasteiger partial charge in [0.05, 0.1) is 0 Å². The van der Waals surface area contributed by atoms with Gasteiger partial charge in [-0.2, -0.15) is 0 Å². The summed E-state index contributed by atoms with van der Waals surface area (Å²) in [7, 11) is 0.